The number of rotatable bonds is 3. The van der Waals surface area contributed by atoms with Gasteiger partial charge >= 0.3 is 5.97 Å². The minimum atomic E-state index is -1.29. The molecule has 1 amide bonds. The summed E-state index contributed by atoms with van der Waals surface area (Å²) in [4.78, 5) is 24.3. The molecule has 5 N–H and O–H groups in total. The van der Waals surface area contributed by atoms with Crippen LogP contribution in [0.2, 0.25) is 0 Å². The van der Waals surface area contributed by atoms with E-state index in [0.29, 0.717) is 31.6 Å². The fourth-order valence-corrected chi connectivity index (χ4v) is 2.50. The molecule has 1 atom stereocenters. The van der Waals surface area contributed by atoms with E-state index in [1.807, 2.05) is 0 Å². The maximum atomic E-state index is 13.4. The SMILES string of the molecule is NC(=O)C1CCCN(c2ccc(F)c(N)c2C(=O)O)C1. The number of nitrogen functional groups attached to an aromatic ring is 1. The molecule has 1 fully saturated rings. The third kappa shape index (κ3) is 2.52. The number of hydrogen-bond acceptors (Lipinski definition) is 4. The van der Waals surface area contributed by atoms with Gasteiger partial charge in [0.2, 0.25) is 5.91 Å². The summed E-state index contributed by atoms with van der Waals surface area (Å²) in [5, 5.41) is 9.21. The molecule has 0 aliphatic carbocycles. The molecule has 0 radical (unpaired) electrons. The highest BCUT2D eigenvalue weighted by Crippen LogP contribution is 2.31. The Hall–Kier alpha value is -2.31. The third-order valence-corrected chi connectivity index (χ3v) is 3.55. The molecule has 20 heavy (non-hydrogen) atoms. The number of nitrogens with two attached hydrogens (primary N) is 2. The Morgan fingerprint density at radius 1 is 1.40 bits per heavy atom. The van der Waals surface area contributed by atoms with E-state index >= 15 is 0 Å². The Morgan fingerprint density at radius 2 is 2.10 bits per heavy atom. The van der Waals surface area contributed by atoms with Crippen LogP contribution >= 0.6 is 0 Å². The van der Waals surface area contributed by atoms with Gasteiger partial charge in [-0.2, -0.15) is 0 Å². The number of piperidine rings is 1. The molecule has 1 aromatic rings. The Morgan fingerprint density at radius 3 is 2.70 bits per heavy atom. The van der Waals surface area contributed by atoms with E-state index in [9.17, 15) is 19.1 Å². The van der Waals surface area contributed by atoms with Crippen LogP contribution in [0, 0.1) is 11.7 Å². The van der Waals surface area contributed by atoms with Crippen molar-refractivity contribution < 1.29 is 19.1 Å². The Balaban J connectivity index is 2.39. The molecular formula is C13H16FN3O3. The molecule has 1 unspecified atom stereocenters. The van der Waals surface area contributed by atoms with Gasteiger partial charge in [0, 0.05) is 13.1 Å². The summed E-state index contributed by atoms with van der Waals surface area (Å²) in [6.45, 7) is 0.899. The van der Waals surface area contributed by atoms with Crippen LogP contribution in [0.3, 0.4) is 0 Å². The van der Waals surface area contributed by atoms with Crippen molar-refractivity contribution in [2.24, 2.45) is 11.7 Å². The van der Waals surface area contributed by atoms with Gasteiger partial charge in [0.05, 0.1) is 17.3 Å². The zero-order valence-corrected chi connectivity index (χ0v) is 10.8. The highest BCUT2D eigenvalue weighted by Gasteiger charge is 2.28. The lowest BCUT2D eigenvalue weighted by Gasteiger charge is -2.34. The fraction of sp³-hybridized carbons (Fsp3) is 0.385. The van der Waals surface area contributed by atoms with Crippen LogP contribution in [0.4, 0.5) is 15.8 Å². The molecule has 1 aliphatic heterocycles. The number of halogens is 1. The number of carbonyl (C=O) groups is 2. The van der Waals surface area contributed by atoms with Crippen LogP contribution in [0.5, 0.6) is 0 Å². The van der Waals surface area contributed by atoms with Crippen molar-refractivity contribution in [3.05, 3.63) is 23.5 Å². The van der Waals surface area contributed by atoms with Gasteiger partial charge in [0.15, 0.2) is 0 Å². The average Bonchev–Trinajstić information content (AvgIpc) is 2.41. The second-order valence-corrected chi connectivity index (χ2v) is 4.85. The second kappa shape index (κ2) is 5.36. The summed E-state index contributed by atoms with van der Waals surface area (Å²) < 4.78 is 13.4. The molecule has 6 nitrogen and oxygen atoms in total. The number of nitrogens with zero attached hydrogens (tertiary/aromatic N) is 1. The van der Waals surface area contributed by atoms with Crippen LogP contribution < -0.4 is 16.4 Å². The van der Waals surface area contributed by atoms with E-state index < -0.39 is 23.4 Å². The number of amides is 1. The highest BCUT2D eigenvalue weighted by molar-refractivity contribution is 6.00. The zero-order chi connectivity index (χ0) is 14.9. The molecular weight excluding hydrogens is 265 g/mol. The molecule has 0 aromatic heterocycles. The number of hydrogen-bond donors (Lipinski definition) is 3. The normalized spacial score (nSPS) is 18.9. The lowest BCUT2D eigenvalue weighted by atomic mass is 9.96. The van der Waals surface area contributed by atoms with Gasteiger partial charge in [-0.25, -0.2) is 9.18 Å². The fourth-order valence-electron chi connectivity index (χ4n) is 2.50. The summed E-state index contributed by atoms with van der Waals surface area (Å²) in [5.41, 5.74) is 10.5. The largest absolute Gasteiger partial charge is 0.478 e. The van der Waals surface area contributed by atoms with E-state index in [-0.39, 0.29) is 11.5 Å². The zero-order valence-electron chi connectivity index (χ0n) is 10.8. The minimum Gasteiger partial charge on any atom is -0.478 e. The van der Waals surface area contributed by atoms with Gasteiger partial charge in [-0.15, -0.1) is 0 Å². The molecule has 1 heterocycles. The summed E-state index contributed by atoms with van der Waals surface area (Å²) in [6, 6.07) is 2.50. The van der Waals surface area contributed by atoms with E-state index in [0.717, 1.165) is 6.07 Å². The topological polar surface area (TPSA) is 110 Å². The first-order chi connectivity index (χ1) is 9.41. The lowest BCUT2D eigenvalue weighted by molar-refractivity contribution is -0.122. The number of primary amides is 1. The van der Waals surface area contributed by atoms with E-state index in [1.165, 1.54) is 6.07 Å². The monoisotopic (exact) mass is 281 g/mol. The van der Waals surface area contributed by atoms with Gasteiger partial charge in [-0.05, 0) is 25.0 Å². The number of aromatic carboxylic acids is 1. The van der Waals surface area contributed by atoms with Crippen molar-refractivity contribution in [2.75, 3.05) is 23.7 Å². The Labute approximate surface area is 115 Å². The van der Waals surface area contributed by atoms with Crippen molar-refractivity contribution in [1.82, 2.24) is 0 Å². The Kier molecular flexibility index (Phi) is 3.78. The highest BCUT2D eigenvalue weighted by atomic mass is 19.1. The molecule has 7 heteroatoms. The molecule has 0 bridgehead atoms. The maximum Gasteiger partial charge on any atom is 0.340 e. The van der Waals surface area contributed by atoms with Gasteiger partial charge in [0.1, 0.15) is 11.4 Å². The molecule has 2 rings (SSSR count). The molecule has 0 spiro atoms. The number of carboxylic acids is 1. The van der Waals surface area contributed by atoms with Gasteiger partial charge < -0.3 is 21.5 Å². The quantitative estimate of drug-likeness (QED) is 0.710. The van der Waals surface area contributed by atoms with E-state index in [4.69, 9.17) is 11.5 Å². The smallest absolute Gasteiger partial charge is 0.340 e. The van der Waals surface area contributed by atoms with Gasteiger partial charge in [0.25, 0.3) is 0 Å². The van der Waals surface area contributed by atoms with Crippen molar-refractivity contribution >= 4 is 23.3 Å². The maximum absolute atomic E-state index is 13.4. The first-order valence-electron chi connectivity index (χ1n) is 6.27. The summed E-state index contributed by atoms with van der Waals surface area (Å²) in [7, 11) is 0. The summed E-state index contributed by atoms with van der Waals surface area (Å²) >= 11 is 0. The Bertz CT molecular complexity index is 562. The van der Waals surface area contributed by atoms with E-state index in [1.54, 1.807) is 4.90 Å². The molecule has 1 aromatic carbocycles. The molecule has 1 aliphatic rings. The predicted molar refractivity (Wildman–Crippen MR) is 71.9 cm³/mol. The average molecular weight is 281 g/mol. The van der Waals surface area contributed by atoms with Crippen LogP contribution in [-0.4, -0.2) is 30.1 Å². The van der Waals surface area contributed by atoms with Crippen molar-refractivity contribution in [3.63, 3.8) is 0 Å². The van der Waals surface area contributed by atoms with E-state index in [2.05, 4.69) is 0 Å². The summed E-state index contributed by atoms with van der Waals surface area (Å²) in [6.07, 6.45) is 1.38. The third-order valence-electron chi connectivity index (χ3n) is 3.55. The summed E-state index contributed by atoms with van der Waals surface area (Å²) in [5.74, 6) is -2.81. The molecule has 108 valence electrons. The number of anilines is 2. The van der Waals surface area contributed by atoms with Crippen LogP contribution in [0.25, 0.3) is 0 Å². The predicted octanol–water partition coefficient (Wildman–Crippen LogP) is 0.808. The lowest BCUT2D eigenvalue weighted by Crippen LogP contribution is -2.41. The first kappa shape index (κ1) is 14.1. The van der Waals surface area contributed by atoms with Crippen molar-refractivity contribution in [3.8, 4) is 0 Å². The molecule has 1 saturated heterocycles. The van der Waals surface area contributed by atoms with Crippen molar-refractivity contribution in [2.45, 2.75) is 12.8 Å². The van der Waals surface area contributed by atoms with Crippen LogP contribution in [-0.2, 0) is 4.79 Å². The van der Waals surface area contributed by atoms with Crippen LogP contribution in [0.15, 0.2) is 12.1 Å². The number of carbonyl (C=O) groups excluding carboxylic acids is 1. The minimum absolute atomic E-state index is 0.268. The number of benzene rings is 1. The van der Waals surface area contributed by atoms with Crippen molar-refractivity contribution in [1.29, 1.82) is 0 Å². The first-order valence-corrected chi connectivity index (χ1v) is 6.27. The van der Waals surface area contributed by atoms with Gasteiger partial charge in [-0.1, -0.05) is 0 Å². The molecule has 0 saturated carbocycles. The van der Waals surface area contributed by atoms with Crippen LogP contribution in [0.1, 0.15) is 23.2 Å². The second-order valence-electron chi connectivity index (χ2n) is 4.85. The standard InChI is InChI=1S/C13H16FN3O3/c14-8-3-4-9(10(11(8)15)13(19)20)17-5-1-2-7(6-17)12(16)18/h3-4,7H,1-2,5-6,15H2,(H2,16,18)(H,19,20). The number of carboxylic acid groups (broad SMARTS) is 1. The van der Waals surface area contributed by atoms with Gasteiger partial charge in [-0.3, -0.25) is 4.79 Å².